The van der Waals surface area contributed by atoms with Crippen LogP contribution in [0.2, 0.25) is 5.02 Å². The van der Waals surface area contributed by atoms with Crippen LogP contribution in [0.3, 0.4) is 0 Å². The van der Waals surface area contributed by atoms with Crippen molar-refractivity contribution < 1.29 is 17.9 Å². The number of amides is 1. The lowest BCUT2D eigenvalue weighted by atomic mass is 10.1. The highest BCUT2D eigenvalue weighted by atomic mass is 35.5. The van der Waals surface area contributed by atoms with Gasteiger partial charge in [-0.25, -0.2) is 8.42 Å². The lowest BCUT2D eigenvalue weighted by Crippen LogP contribution is -2.34. The summed E-state index contributed by atoms with van der Waals surface area (Å²) in [5.41, 5.74) is 3.05. The minimum absolute atomic E-state index is 0.0911. The molecule has 4 aromatic carbocycles. The summed E-state index contributed by atoms with van der Waals surface area (Å²) in [6, 6.07) is 30.5. The maximum absolute atomic E-state index is 13.2. The molecule has 0 bridgehead atoms. The van der Waals surface area contributed by atoms with Crippen LogP contribution in [-0.2, 0) is 27.9 Å². The average molecular weight is 535 g/mol. The van der Waals surface area contributed by atoms with E-state index in [0.717, 1.165) is 11.1 Å². The second-order valence-electron chi connectivity index (χ2n) is 8.55. The Bertz CT molecular complexity index is 1400. The lowest BCUT2D eigenvalue weighted by Gasteiger charge is -2.23. The predicted molar refractivity (Wildman–Crippen MR) is 146 cm³/mol. The minimum Gasteiger partial charge on any atom is -0.483 e. The number of sulfonamides is 1. The molecular formula is C29H27ClN2O4S. The van der Waals surface area contributed by atoms with E-state index in [4.69, 9.17) is 16.3 Å². The van der Waals surface area contributed by atoms with Crippen LogP contribution in [-0.4, -0.2) is 25.8 Å². The first kappa shape index (κ1) is 26.3. The summed E-state index contributed by atoms with van der Waals surface area (Å²) in [5, 5.41) is 0.515. The summed E-state index contributed by atoms with van der Waals surface area (Å²) in [6.07, 6.45) is 0. The van der Waals surface area contributed by atoms with Crippen molar-refractivity contribution in [2.24, 2.45) is 0 Å². The number of nitrogens with zero attached hydrogens (tertiary/aromatic N) is 1. The fourth-order valence-electron chi connectivity index (χ4n) is 3.75. The van der Waals surface area contributed by atoms with Gasteiger partial charge in [0.1, 0.15) is 5.75 Å². The molecule has 0 aliphatic heterocycles. The summed E-state index contributed by atoms with van der Waals surface area (Å²) >= 11 is 5.87. The van der Waals surface area contributed by atoms with E-state index in [1.807, 2.05) is 60.7 Å². The molecule has 37 heavy (non-hydrogen) atoms. The van der Waals surface area contributed by atoms with Gasteiger partial charge < -0.3 is 9.64 Å². The topological polar surface area (TPSA) is 75.7 Å². The molecule has 4 aromatic rings. The van der Waals surface area contributed by atoms with Gasteiger partial charge in [0.25, 0.3) is 15.9 Å². The van der Waals surface area contributed by atoms with Crippen molar-refractivity contribution in [1.82, 2.24) is 4.90 Å². The van der Waals surface area contributed by atoms with Crippen LogP contribution in [0.4, 0.5) is 5.69 Å². The van der Waals surface area contributed by atoms with Gasteiger partial charge >= 0.3 is 0 Å². The Balaban J connectivity index is 1.44. The van der Waals surface area contributed by atoms with Crippen LogP contribution in [0.15, 0.2) is 108 Å². The number of halogens is 1. The highest BCUT2D eigenvalue weighted by Crippen LogP contribution is 2.24. The van der Waals surface area contributed by atoms with Gasteiger partial charge in [0.2, 0.25) is 0 Å². The number of carbonyl (C=O) groups is 1. The average Bonchev–Trinajstić information content (AvgIpc) is 2.90. The molecule has 0 saturated carbocycles. The quantitative estimate of drug-likeness (QED) is 0.268. The van der Waals surface area contributed by atoms with Crippen molar-refractivity contribution in [1.29, 1.82) is 0 Å². The zero-order valence-corrected chi connectivity index (χ0v) is 21.9. The highest BCUT2D eigenvalue weighted by molar-refractivity contribution is 7.92. The SMILES string of the molecule is Cc1cc(S(=O)(=O)Nc2ccc(Cl)cc2)ccc1OCC(=O)N(Cc1ccccc1)Cc1ccccc1. The molecule has 190 valence electrons. The first-order chi connectivity index (χ1) is 17.8. The second kappa shape index (κ2) is 12.0. The fraction of sp³-hybridized carbons (Fsp3) is 0.138. The van der Waals surface area contributed by atoms with Crippen LogP contribution in [0.5, 0.6) is 5.75 Å². The van der Waals surface area contributed by atoms with Crippen LogP contribution in [0.1, 0.15) is 16.7 Å². The Labute approximate surface area is 222 Å². The first-order valence-corrected chi connectivity index (χ1v) is 13.5. The van der Waals surface area contributed by atoms with Gasteiger partial charge in [-0.1, -0.05) is 72.3 Å². The molecular weight excluding hydrogens is 508 g/mol. The molecule has 0 radical (unpaired) electrons. The molecule has 0 aromatic heterocycles. The monoisotopic (exact) mass is 534 g/mol. The van der Waals surface area contributed by atoms with Gasteiger partial charge in [-0.05, 0) is 66.1 Å². The molecule has 0 heterocycles. The Morgan fingerprint density at radius 1 is 0.838 bits per heavy atom. The predicted octanol–water partition coefficient (Wildman–Crippen LogP) is 6.06. The summed E-state index contributed by atoms with van der Waals surface area (Å²) in [6.45, 7) is 2.47. The van der Waals surface area contributed by atoms with Crippen molar-refractivity contribution in [3.63, 3.8) is 0 Å². The third kappa shape index (κ3) is 7.35. The Morgan fingerprint density at radius 2 is 1.41 bits per heavy atom. The zero-order chi connectivity index (χ0) is 26.3. The van der Waals surface area contributed by atoms with Gasteiger partial charge in [-0.2, -0.15) is 0 Å². The number of benzene rings is 4. The molecule has 6 nitrogen and oxygen atoms in total. The number of aryl methyl sites for hydroxylation is 1. The smallest absolute Gasteiger partial charge is 0.261 e. The number of ether oxygens (including phenoxy) is 1. The molecule has 8 heteroatoms. The summed E-state index contributed by atoms with van der Waals surface area (Å²) in [4.78, 5) is 15.0. The molecule has 0 atom stereocenters. The fourth-order valence-corrected chi connectivity index (χ4v) is 5.02. The molecule has 1 N–H and O–H groups in total. The molecule has 1 amide bonds. The minimum atomic E-state index is -3.80. The van der Waals surface area contributed by atoms with Crippen molar-refractivity contribution in [3.8, 4) is 5.75 Å². The molecule has 0 saturated heterocycles. The number of anilines is 1. The number of nitrogens with one attached hydrogen (secondary N) is 1. The number of rotatable bonds is 10. The van der Waals surface area contributed by atoms with E-state index in [9.17, 15) is 13.2 Å². The maximum Gasteiger partial charge on any atom is 0.261 e. The maximum atomic E-state index is 13.2. The first-order valence-electron chi connectivity index (χ1n) is 11.7. The third-order valence-corrected chi connectivity index (χ3v) is 7.32. The van der Waals surface area contributed by atoms with Crippen molar-refractivity contribution in [2.75, 3.05) is 11.3 Å². The third-order valence-electron chi connectivity index (χ3n) is 5.69. The highest BCUT2D eigenvalue weighted by Gasteiger charge is 2.18. The van der Waals surface area contributed by atoms with Crippen molar-refractivity contribution in [2.45, 2.75) is 24.9 Å². The largest absolute Gasteiger partial charge is 0.483 e. The number of hydrogen-bond acceptors (Lipinski definition) is 4. The van der Waals surface area contributed by atoms with Gasteiger partial charge in [-0.3, -0.25) is 9.52 Å². The Kier molecular flexibility index (Phi) is 8.48. The summed E-state index contributed by atoms with van der Waals surface area (Å²) in [5.74, 6) is 0.270. The van der Waals surface area contributed by atoms with E-state index >= 15 is 0 Å². The van der Waals surface area contributed by atoms with E-state index in [1.54, 1.807) is 42.2 Å². The molecule has 0 aliphatic carbocycles. The number of hydrogen-bond donors (Lipinski definition) is 1. The van der Waals surface area contributed by atoms with E-state index in [0.29, 0.717) is 35.1 Å². The van der Waals surface area contributed by atoms with Gasteiger partial charge in [0, 0.05) is 23.8 Å². The van der Waals surface area contributed by atoms with Crippen molar-refractivity contribution >= 4 is 33.2 Å². The van der Waals surface area contributed by atoms with Crippen LogP contribution >= 0.6 is 11.6 Å². The zero-order valence-electron chi connectivity index (χ0n) is 20.3. The normalized spacial score (nSPS) is 11.1. The Morgan fingerprint density at radius 3 is 1.95 bits per heavy atom. The molecule has 0 unspecified atom stereocenters. The van der Waals surface area contributed by atoms with E-state index < -0.39 is 10.0 Å². The standard InChI is InChI=1S/C29H27ClN2O4S/c1-22-18-27(37(34,35)31-26-14-12-25(30)13-15-26)16-17-28(22)36-21-29(33)32(19-23-8-4-2-5-9-23)20-24-10-6-3-7-11-24/h2-18,31H,19-21H2,1H3. The van der Waals surface area contributed by atoms with Gasteiger partial charge in [0.05, 0.1) is 4.90 Å². The van der Waals surface area contributed by atoms with E-state index in [-0.39, 0.29) is 17.4 Å². The second-order valence-corrected chi connectivity index (χ2v) is 10.7. The van der Waals surface area contributed by atoms with Crippen LogP contribution in [0.25, 0.3) is 0 Å². The van der Waals surface area contributed by atoms with Crippen LogP contribution in [0, 0.1) is 6.92 Å². The lowest BCUT2D eigenvalue weighted by molar-refractivity contribution is -0.134. The summed E-state index contributed by atoms with van der Waals surface area (Å²) < 4.78 is 34.0. The van der Waals surface area contributed by atoms with Gasteiger partial charge in [-0.15, -0.1) is 0 Å². The van der Waals surface area contributed by atoms with E-state index in [2.05, 4.69) is 4.72 Å². The molecule has 0 spiro atoms. The van der Waals surface area contributed by atoms with Gasteiger partial charge in [0.15, 0.2) is 6.61 Å². The summed E-state index contributed by atoms with van der Waals surface area (Å²) in [7, 11) is -3.80. The molecule has 0 aliphatic rings. The molecule has 4 rings (SSSR count). The molecule has 0 fully saturated rings. The Hall–Kier alpha value is -3.81. The number of carbonyl (C=O) groups excluding carboxylic acids is 1. The van der Waals surface area contributed by atoms with Crippen molar-refractivity contribution in [3.05, 3.63) is 125 Å². The van der Waals surface area contributed by atoms with E-state index in [1.165, 1.54) is 12.1 Å². The van der Waals surface area contributed by atoms with Crippen LogP contribution < -0.4 is 9.46 Å².